The first-order valence-corrected chi connectivity index (χ1v) is 10.4. The lowest BCUT2D eigenvalue weighted by atomic mass is 10.0. The number of amides is 2. The molecule has 0 saturated heterocycles. The maximum atomic E-state index is 13.8. The number of anilines is 1. The van der Waals surface area contributed by atoms with Gasteiger partial charge in [-0.1, -0.05) is 32.0 Å². The molecule has 0 aliphatic rings. The minimum Gasteiger partial charge on any atom is -0.340 e. The van der Waals surface area contributed by atoms with Crippen LogP contribution in [0.1, 0.15) is 24.2 Å². The topological polar surface area (TPSA) is 95.6 Å². The number of carbonyl (C=O) groups is 2. The molecule has 0 saturated carbocycles. The zero-order valence-corrected chi connectivity index (χ0v) is 17.5. The molecule has 0 heterocycles. The Kier molecular flexibility index (Phi) is 7.10. The van der Waals surface area contributed by atoms with Crippen molar-refractivity contribution in [2.24, 2.45) is 5.92 Å². The molecule has 0 aliphatic heterocycles. The van der Waals surface area contributed by atoms with Crippen molar-refractivity contribution in [3.63, 3.8) is 0 Å². The lowest BCUT2D eigenvalue weighted by Crippen LogP contribution is -2.47. The number of benzene rings is 2. The molecule has 156 valence electrons. The molecule has 7 nitrogen and oxygen atoms in total. The van der Waals surface area contributed by atoms with Crippen LogP contribution in [0.25, 0.3) is 0 Å². The van der Waals surface area contributed by atoms with E-state index in [1.165, 1.54) is 50.5 Å². The molecule has 2 aromatic carbocycles. The Hall–Kier alpha value is -2.78. The van der Waals surface area contributed by atoms with E-state index in [9.17, 15) is 22.4 Å². The maximum absolute atomic E-state index is 13.8. The van der Waals surface area contributed by atoms with Crippen LogP contribution in [0.15, 0.2) is 53.4 Å². The van der Waals surface area contributed by atoms with E-state index < -0.39 is 33.7 Å². The molecule has 0 unspecified atom stereocenters. The van der Waals surface area contributed by atoms with Gasteiger partial charge >= 0.3 is 0 Å². The minimum atomic E-state index is -3.66. The maximum Gasteiger partial charge on any atom is 0.254 e. The zero-order chi connectivity index (χ0) is 21.8. The van der Waals surface area contributed by atoms with E-state index in [0.29, 0.717) is 0 Å². The molecule has 0 radical (unpaired) electrons. The first-order chi connectivity index (χ1) is 13.5. The molecule has 2 amide bonds. The summed E-state index contributed by atoms with van der Waals surface area (Å²) in [6.45, 7) is 3.47. The van der Waals surface area contributed by atoms with Crippen LogP contribution in [0.4, 0.5) is 10.1 Å². The van der Waals surface area contributed by atoms with Crippen LogP contribution in [0.5, 0.6) is 0 Å². The summed E-state index contributed by atoms with van der Waals surface area (Å²) in [5.74, 6) is -2.22. The van der Waals surface area contributed by atoms with Crippen LogP contribution in [-0.4, -0.2) is 44.7 Å². The number of nitrogens with one attached hydrogen (secondary N) is 2. The molecule has 0 bridgehead atoms. The summed E-state index contributed by atoms with van der Waals surface area (Å²) in [5.41, 5.74) is 0.105. The molecule has 2 N–H and O–H groups in total. The second-order valence-electron chi connectivity index (χ2n) is 6.98. The van der Waals surface area contributed by atoms with Crippen molar-refractivity contribution in [2.75, 3.05) is 19.4 Å². The molecule has 0 aliphatic carbocycles. The number of halogens is 1. The highest BCUT2D eigenvalue weighted by atomic mass is 32.2. The molecule has 0 fully saturated rings. The fourth-order valence-corrected chi connectivity index (χ4v) is 3.51. The number of sulfonamides is 1. The normalized spacial score (nSPS) is 12.7. The third-order valence-corrected chi connectivity index (χ3v) is 6.05. The van der Waals surface area contributed by atoms with Gasteiger partial charge in [0.25, 0.3) is 5.91 Å². The summed E-state index contributed by atoms with van der Waals surface area (Å²) in [6.07, 6.45) is 0. The van der Waals surface area contributed by atoms with E-state index in [4.69, 9.17) is 0 Å². The van der Waals surface area contributed by atoms with Gasteiger partial charge in [-0.05, 0) is 36.2 Å². The first-order valence-electron chi connectivity index (χ1n) is 8.93. The lowest BCUT2D eigenvalue weighted by Gasteiger charge is -2.22. The van der Waals surface area contributed by atoms with Crippen LogP contribution in [-0.2, 0) is 14.8 Å². The Balaban J connectivity index is 2.21. The summed E-state index contributed by atoms with van der Waals surface area (Å²) < 4.78 is 39.4. The molecule has 1 atom stereocenters. The summed E-state index contributed by atoms with van der Waals surface area (Å²) in [5, 5.41) is 5.16. The van der Waals surface area contributed by atoms with E-state index in [2.05, 4.69) is 10.6 Å². The van der Waals surface area contributed by atoms with E-state index in [1.807, 2.05) is 0 Å². The van der Waals surface area contributed by atoms with Gasteiger partial charge in [0.05, 0.1) is 10.5 Å². The highest BCUT2D eigenvalue weighted by Gasteiger charge is 2.26. The highest BCUT2D eigenvalue weighted by molar-refractivity contribution is 7.89. The SMILES string of the molecule is CC(C)[C@H](NC(=O)c1ccccc1F)C(=O)Nc1cccc(S(=O)(=O)N(C)C)c1. The number of hydrogen-bond acceptors (Lipinski definition) is 4. The summed E-state index contributed by atoms with van der Waals surface area (Å²) in [6, 6.07) is 10.3. The van der Waals surface area contributed by atoms with Crippen molar-refractivity contribution in [1.29, 1.82) is 0 Å². The molecular weight excluding hydrogens is 397 g/mol. The van der Waals surface area contributed by atoms with Crippen LogP contribution in [0.3, 0.4) is 0 Å². The molecule has 2 aromatic rings. The molecular formula is C20H24FN3O4S. The number of nitrogens with zero attached hydrogens (tertiary/aromatic N) is 1. The van der Waals surface area contributed by atoms with Gasteiger partial charge in [0.15, 0.2) is 0 Å². The Bertz CT molecular complexity index is 1010. The van der Waals surface area contributed by atoms with Gasteiger partial charge in [-0.3, -0.25) is 9.59 Å². The van der Waals surface area contributed by atoms with Gasteiger partial charge in [0.1, 0.15) is 11.9 Å². The monoisotopic (exact) mass is 421 g/mol. The van der Waals surface area contributed by atoms with Gasteiger partial charge in [-0.2, -0.15) is 0 Å². The van der Waals surface area contributed by atoms with Crippen molar-refractivity contribution in [1.82, 2.24) is 9.62 Å². The molecule has 2 rings (SSSR count). The Labute approximate surface area is 170 Å². The van der Waals surface area contributed by atoms with E-state index in [1.54, 1.807) is 19.9 Å². The minimum absolute atomic E-state index is 0.0248. The van der Waals surface area contributed by atoms with Crippen molar-refractivity contribution in [3.8, 4) is 0 Å². The smallest absolute Gasteiger partial charge is 0.254 e. The van der Waals surface area contributed by atoms with Gasteiger partial charge in [0, 0.05) is 19.8 Å². The van der Waals surface area contributed by atoms with Gasteiger partial charge in [-0.25, -0.2) is 17.1 Å². The average Bonchev–Trinajstić information content (AvgIpc) is 2.66. The van der Waals surface area contributed by atoms with Crippen molar-refractivity contribution in [3.05, 3.63) is 59.9 Å². The highest BCUT2D eigenvalue weighted by Crippen LogP contribution is 2.19. The van der Waals surface area contributed by atoms with Crippen molar-refractivity contribution >= 4 is 27.5 Å². The van der Waals surface area contributed by atoms with Crippen LogP contribution in [0.2, 0.25) is 0 Å². The molecule has 29 heavy (non-hydrogen) atoms. The van der Waals surface area contributed by atoms with Crippen LogP contribution >= 0.6 is 0 Å². The standard InChI is InChI=1S/C20H24FN3O4S/c1-13(2)18(23-19(25)16-10-5-6-11-17(16)21)20(26)22-14-8-7-9-15(12-14)29(27,28)24(3)4/h5-13,18H,1-4H3,(H,22,26)(H,23,25)/t18-/m0/s1. The first kappa shape index (κ1) is 22.5. The molecule has 0 aromatic heterocycles. The fourth-order valence-electron chi connectivity index (χ4n) is 2.56. The molecule has 0 spiro atoms. The van der Waals surface area contributed by atoms with E-state index in [0.717, 1.165) is 10.4 Å². The predicted octanol–water partition coefficient (Wildman–Crippen LogP) is 2.47. The third kappa shape index (κ3) is 5.39. The lowest BCUT2D eigenvalue weighted by molar-refractivity contribution is -0.118. The van der Waals surface area contributed by atoms with E-state index >= 15 is 0 Å². The van der Waals surface area contributed by atoms with E-state index in [-0.39, 0.29) is 22.1 Å². The Morgan fingerprint density at radius 1 is 1.03 bits per heavy atom. The van der Waals surface area contributed by atoms with Crippen molar-refractivity contribution < 1.29 is 22.4 Å². The van der Waals surface area contributed by atoms with Crippen LogP contribution < -0.4 is 10.6 Å². The van der Waals surface area contributed by atoms with Crippen LogP contribution in [0, 0.1) is 11.7 Å². The number of carbonyl (C=O) groups excluding carboxylic acids is 2. The Morgan fingerprint density at radius 2 is 1.69 bits per heavy atom. The Morgan fingerprint density at radius 3 is 2.28 bits per heavy atom. The predicted molar refractivity (Wildman–Crippen MR) is 108 cm³/mol. The average molecular weight is 421 g/mol. The summed E-state index contributed by atoms with van der Waals surface area (Å²) >= 11 is 0. The quantitative estimate of drug-likeness (QED) is 0.718. The van der Waals surface area contributed by atoms with Gasteiger partial charge in [-0.15, -0.1) is 0 Å². The summed E-state index contributed by atoms with van der Waals surface area (Å²) in [4.78, 5) is 25.1. The zero-order valence-electron chi connectivity index (χ0n) is 16.6. The van der Waals surface area contributed by atoms with Gasteiger partial charge in [0.2, 0.25) is 15.9 Å². The fraction of sp³-hybridized carbons (Fsp3) is 0.300. The second kappa shape index (κ2) is 9.15. The largest absolute Gasteiger partial charge is 0.340 e. The van der Waals surface area contributed by atoms with Gasteiger partial charge < -0.3 is 10.6 Å². The molecule has 9 heteroatoms. The second-order valence-corrected chi connectivity index (χ2v) is 9.13. The van der Waals surface area contributed by atoms with Crippen molar-refractivity contribution in [2.45, 2.75) is 24.8 Å². The summed E-state index contributed by atoms with van der Waals surface area (Å²) in [7, 11) is -0.840. The number of hydrogen-bond donors (Lipinski definition) is 2. The third-order valence-electron chi connectivity index (χ3n) is 4.23. The number of rotatable bonds is 7.